The summed E-state index contributed by atoms with van der Waals surface area (Å²) >= 11 is 0. The van der Waals surface area contributed by atoms with E-state index in [2.05, 4.69) is 5.32 Å². The van der Waals surface area contributed by atoms with Crippen molar-refractivity contribution >= 4 is 0 Å². The van der Waals surface area contributed by atoms with E-state index in [-0.39, 0.29) is 29.1 Å². The maximum absolute atomic E-state index is 13.4. The van der Waals surface area contributed by atoms with E-state index in [9.17, 15) is 19.7 Å². The first-order valence-corrected chi connectivity index (χ1v) is 7.25. The quantitative estimate of drug-likeness (QED) is 0.657. The lowest BCUT2D eigenvalue weighted by atomic mass is 9.84. The molecule has 1 heterocycles. The van der Waals surface area contributed by atoms with Gasteiger partial charge >= 0.3 is 0 Å². The molecular weight excluding hydrogens is 285 g/mol. The molecule has 0 amide bonds. The summed E-state index contributed by atoms with van der Waals surface area (Å²) in [5, 5.41) is 32.2. The van der Waals surface area contributed by atoms with Crippen molar-refractivity contribution in [2.24, 2.45) is 5.92 Å². The molecule has 0 radical (unpaired) electrons. The summed E-state index contributed by atoms with van der Waals surface area (Å²) in [5.74, 6) is -0.874. The predicted octanol–water partition coefficient (Wildman–Crippen LogP) is 2.49. The molecule has 0 aromatic heterocycles. The third-order valence-corrected chi connectivity index (χ3v) is 4.32. The van der Waals surface area contributed by atoms with Gasteiger partial charge in [-0.1, -0.05) is 18.2 Å². The molecule has 4 N–H and O–H groups in total. The van der Waals surface area contributed by atoms with Gasteiger partial charge < -0.3 is 20.6 Å². The van der Waals surface area contributed by atoms with Gasteiger partial charge in [0.05, 0.1) is 0 Å². The van der Waals surface area contributed by atoms with E-state index < -0.39 is 5.82 Å². The first-order chi connectivity index (χ1) is 10.6. The Morgan fingerprint density at radius 2 is 1.86 bits per heavy atom. The van der Waals surface area contributed by atoms with Crippen LogP contribution in [0.4, 0.5) is 4.39 Å². The number of halogens is 1. The molecule has 1 aliphatic rings. The van der Waals surface area contributed by atoms with E-state index >= 15 is 0 Å². The number of nitrogens with one attached hydrogen (secondary N) is 1. The average Bonchev–Trinajstić information content (AvgIpc) is 2.95. The van der Waals surface area contributed by atoms with Crippen LogP contribution in [0.3, 0.4) is 0 Å². The number of phenols is 3. The normalized spacial score (nSPS) is 21.1. The van der Waals surface area contributed by atoms with E-state index in [0.29, 0.717) is 12.0 Å². The van der Waals surface area contributed by atoms with Crippen LogP contribution in [0, 0.1) is 11.7 Å². The molecule has 1 saturated heterocycles. The van der Waals surface area contributed by atoms with E-state index in [1.807, 2.05) is 0 Å². The van der Waals surface area contributed by atoms with Crippen molar-refractivity contribution < 1.29 is 19.7 Å². The first kappa shape index (κ1) is 14.7. The summed E-state index contributed by atoms with van der Waals surface area (Å²) in [6.45, 7) is 1.49. The van der Waals surface area contributed by atoms with Gasteiger partial charge in [-0.3, -0.25) is 0 Å². The predicted molar refractivity (Wildman–Crippen MR) is 80.6 cm³/mol. The smallest absolute Gasteiger partial charge is 0.165 e. The van der Waals surface area contributed by atoms with Gasteiger partial charge in [0, 0.05) is 12.5 Å². The van der Waals surface area contributed by atoms with E-state index in [1.165, 1.54) is 12.1 Å². The summed E-state index contributed by atoms with van der Waals surface area (Å²) in [6.07, 6.45) is 0.545. The third kappa shape index (κ3) is 2.72. The molecule has 2 atom stereocenters. The molecule has 1 aliphatic heterocycles. The first-order valence-electron chi connectivity index (χ1n) is 7.25. The highest BCUT2D eigenvalue weighted by Crippen LogP contribution is 2.36. The Balaban J connectivity index is 1.84. The summed E-state index contributed by atoms with van der Waals surface area (Å²) in [4.78, 5) is 0. The summed E-state index contributed by atoms with van der Waals surface area (Å²) in [6, 6.07) is 9.37. The second-order valence-electron chi connectivity index (χ2n) is 5.72. The highest BCUT2D eigenvalue weighted by molar-refractivity contribution is 5.42. The zero-order valence-corrected chi connectivity index (χ0v) is 12.0. The van der Waals surface area contributed by atoms with Crippen LogP contribution in [0.15, 0.2) is 36.4 Å². The fraction of sp³-hybridized carbons (Fsp3) is 0.294. The minimum absolute atomic E-state index is 0.133. The molecule has 3 rings (SSSR count). The number of hydrogen-bond donors (Lipinski definition) is 4. The molecule has 116 valence electrons. The zero-order valence-electron chi connectivity index (χ0n) is 12.0. The van der Waals surface area contributed by atoms with Gasteiger partial charge in [0.15, 0.2) is 23.1 Å². The van der Waals surface area contributed by atoms with Crippen LogP contribution in [0.2, 0.25) is 0 Å². The minimum Gasteiger partial charge on any atom is -0.505 e. The Labute approximate surface area is 127 Å². The van der Waals surface area contributed by atoms with Crippen molar-refractivity contribution in [3.05, 3.63) is 53.3 Å². The third-order valence-electron chi connectivity index (χ3n) is 4.32. The molecule has 2 aromatic carbocycles. The molecular formula is C17H18FNO3. The van der Waals surface area contributed by atoms with Gasteiger partial charge in [0.25, 0.3) is 0 Å². The Morgan fingerprint density at radius 1 is 1.05 bits per heavy atom. The van der Waals surface area contributed by atoms with Crippen molar-refractivity contribution in [2.45, 2.75) is 12.3 Å². The monoisotopic (exact) mass is 303 g/mol. The van der Waals surface area contributed by atoms with Crippen molar-refractivity contribution in [2.75, 3.05) is 13.1 Å². The average molecular weight is 303 g/mol. The largest absolute Gasteiger partial charge is 0.505 e. The Hall–Kier alpha value is -2.27. The van der Waals surface area contributed by atoms with E-state index in [0.717, 1.165) is 18.7 Å². The fourth-order valence-corrected chi connectivity index (χ4v) is 3.12. The van der Waals surface area contributed by atoms with Crippen molar-refractivity contribution in [3.8, 4) is 17.2 Å². The number of aromatic hydroxyl groups is 3. The van der Waals surface area contributed by atoms with Gasteiger partial charge in [-0.15, -0.1) is 0 Å². The molecule has 22 heavy (non-hydrogen) atoms. The topological polar surface area (TPSA) is 72.7 Å². The van der Waals surface area contributed by atoms with Crippen LogP contribution in [0.25, 0.3) is 0 Å². The van der Waals surface area contributed by atoms with Gasteiger partial charge in [0.2, 0.25) is 0 Å². The molecule has 0 aliphatic carbocycles. The number of rotatable bonds is 3. The SMILES string of the molecule is Oc1ccc([C@H]2CNC[C@@H]2Cc2cccc(F)c2O)cc1O. The Kier molecular flexibility index (Phi) is 3.90. The van der Waals surface area contributed by atoms with E-state index in [4.69, 9.17) is 0 Å². The van der Waals surface area contributed by atoms with Gasteiger partial charge in [-0.25, -0.2) is 4.39 Å². The van der Waals surface area contributed by atoms with E-state index in [1.54, 1.807) is 24.3 Å². The molecule has 0 saturated carbocycles. The van der Waals surface area contributed by atoms with Crippen molar-refractivity contribution in [1.82, 2.24) is 5.32 Å². The number of benzene rings is 2. The standard InChI is InChI=1S/C17H18FNO3/c18-14-3-1-2-11(17(14)22)6-12-8-19-9-13(12)10-4-5-15(20)16(21)7-10/h1-5,7,12-13,19-22H,6,8-9H2/t12-,13+/m0/s1. The summed E-state index contributed by atoms with van der Waals surface area (Å²) in [5.41, 5.74) is 1.50. The maximum Gasteiger partial charge on any atom is 0.165 e. The number of phenolic OH excluding ortho intramolecular Hbond substituents is 3. The van der Waals surface area contributed by atoms with Crippen LogP contribution in [0.1, 0.15) is 17.0 Å². The van der Waals surface area contributed by atoms with Crippen molar-refractivity contribution in [3.63, 3.8) is 0 Å². The molecule has 0 bridgehead atoms. The Bertz CT molecular complexity index is 690. The highest BCUT2D eigenvalue weighted by atomic mass is 19.1. The highest BCUT2D eigenvalue weighted by Gasteiger charge is 2.29. The second kappa shape index (κ2) is 5.85. The fourth-order valence-electron chi connectivity index (χ4n) is 3.12. The lowest BCUT2D eigenvalue weighted by Gasteiger charge is -2.20. The molecule has 4 nitrogen and oxygen atoms in total. The van der Waals surface area contributed by atoms with Crippen LogP contribution < -0.4 is 5.32 Å². The minimum atomic E-state index is -0.609. The van der Waals surface area contributed by atoms with Gasteiger partial charge in [-0.05, 0) is 48.2 Å². The van der Waals surface area contributed by atoms with Gasteiger partial charge in [-0.2, -0.15) is 0 Å². The number of para-hydroxylation sites is 1. The molecule has 2 aromatic rings. The van der Waals surface area contributed by atoms with Crippen LogP contribution in [-0.2, 0) is 6.42 Å². The number of hydrogen-bond acceptors (Lipinski definition) is 4. The summed E-state index contributed by atoms with van der Waals surface area (Å²) < 4.78 is 13.4. The summed E-state index contributed by atoms with van der Waals surface area (Å²) in [7, 11) is 0. The Morgan fingerprint density at radius 3 is 2.64 bits per heavy atom. The van der Waals surface area contributed by atoms with Crippen molar-refractivity contribution in [1.29, 1.82) is 0 Å². The zero-order chi connectivity index (χ0) is 15.7. The lowest BCUT2D eigenvalue weighted by Crippen LogP contribution is -2.14. The van der Waals surface area contributed by atoms with Gasteiger partial charge in [0.1, 0.15) is 0 Å². The van der Waals surface area contributed by atoms with Crippen LogP contribution in [0.5, 0.6) is 17.2 Å². The molecule has 5 heteroatoms. The maximum atomic E-state index is 13.4. The van der Waals surface area contributed by atoms with Crippen LogP contribution >= 0.6 is 0 Å². The lowest BCUT2D eigenvalue weighted by molar-refractivity contribution is 0.401. The molecule has 0 unspecified atom stereocenters. The second-order valence-corrected chi connectivity index (χ2v) is 5.72. The molecule has 1 fully saturated rings. The molecule has 0 spiro atoms. The van der Waals surface area contributed by atoms with Crippen LogP contribution in [-0.4, -0.2) is 28.4 Å².